The summed E-state index contributed by atoms with van der Waals surface area (Å²) in [5.74, 6) is 1.38. The van der Waals surface area contributed by atoms with E-state index in [2.05, 4.69) is 24.6 Å². The van der Waals surface area contributed by atoms with Gasteiger partial charge < -0.3 is 16.0 Å². The summed E-state index contributed by atoms with van der Waals surface area (Å²) in [6.07, 6.45) is 3.52. The number of nitrogens with one attached hydrogen (secondary N) is 2. The number of aromatic nitrogens is 4. The maximum Gasteiger partial charge on any atom is 0.148 e. The van der Waals surface area contributed by atoms with Gasteiger partial charge in [-0.1, -0.05) is 0 Å². The Morgan fingerprint density at radius 2 is 2.37 bits per heavy atom. The van der Waals surface area contributed by atoms with E-state index in [1.54, 1.807) is 23.7 Å². The molecule has 0 aliphatic rings. The van der Waals surface area contributed by atoms with Crippen LogP contribution in [0.2, 0.25) is 0 Å². The molecule has 0 aliphatic heterocycles. The third-order valence-electron chi connectivity index (χ3n) is 2.56. The maximum atomic E-state index is 5.93. The topological polar surface area (TPSA) is 92.5 Å². The van der Waals surface area contributed by atoms with Crippen LogP contribution in [0.3, 0.4) is 0 Å². The van der Waals surface area contributed by atoms with Gasteiger partial charge in [-0.3, -0.25) is 0 Å². The second kappa shape index (κ2) is 4.98. The average molecular weight is 292 g/mol. The van der Waals surface area contributed by atoms with Gasteiger partial charge in [0.1, 0.15) is 16.6 Å². The first-order chi connectivity index (χ1) is 9.24. The third-order valence-corrected chi connectivity index (χ3v) is 4.16. The molecule has 0 amide bonds. The second-order valence-electron chi connectivity index (χ2n) is 3.91. The Hall–Kier alpha value is -1.93. The number of imidazole rings is 1. The molecule has 0 spiro atoms. The Morgan fingerprint density at radius 3 is 3.05 bits per heavy atom. The van der Waals surface area contributed by atoms with Crippen molar-refractivity contribution in [1.82, 2.24) is 19.3 Å². The summed E-state index contributed by atoms with van der Waals surface area (Å²) in [4.78, 5) is 11.7. The minimum absolute atomic E-state index is 0.511. The monoisotopic (exact) mass is 292 g/mol. The highest BCUT2D eigenvalue weighted by atomic mass is 32.1. The van der Waals surface area contributed by atoms with Gasteiger partial charge in [-0.25, -0.2) is 9.97 Å². The summed E-state index contributed by atoms with van der Waals surface area (Å²) in [5, 5.41) is 7.21. The molecule has 0 saturated carbocycles. The summed E-state index contributed by atoms with van der Waals surface area (Å²) in [7, 11) is 0. The molecule has 3 aromatic heterocycles. The van der Waals surface area contributed by atoms with Crippen molar-refractivity contribution in [3.63, 3.8) is 0 Å². The molecular weight excluding hydrogens is 280 g/mol. The van der Waals surface area contributed by atoms with Crippen molar-refractivity contribution in [2.24, 2.45) is 0 Å². The molecule has 0 aliphatic carbocycles. The van der Waals surface area contributed by atoms with E-state index < -0.39 is 0 Å². The molecule has 0 saturated heterocycles. The molecule has 0 aromatic carbocycles. The number of nitrogen functional groups attached to an aromatic ring is 1. The molecule has 0 unspecified atom stereocenters. The molecule has 4 N–H and O–H groups in total. The fourth-order valence-electron chi connectivity index (χ4n) is 1.71. The number of hydrogen-bond donors (Lipinski definition) is 3. The van der Waals surface area contributed by atoms with Crippen LogP contribution in [-0.2, 0) is 6.54 Å². The van der Waals surface area contributed by atoms with Crippen molar-refractivity contribution in [1.29, 1.82) is 0 Å². The first kappa shape index (κ1) is 12.1. The van der Waals surface area contributed by atoms with Gasteiger partial charge in [0.2, 0.25) is 0 Å². The second-order valence-corrected chi connectivity index (χ2v) is 5.75. The number of hydrogen-bond acceptors (Lipinski definition) is 7. The van der Waals surface area contributed by atoms with E-state index >= 15 is 0 Å². The molecule has 0 radical (unpaired) electrons. The number of nitrogens with zero attached hydrogens (tertiary/aromatic N) is 3. The first-order valence-corrected chi connectivity index (χ1v) is 7.29. The Morgan fingerprint density at radius 1 is 1.47 bits per heavy atom. The number of thiazole rings is 1. The lowest BCUT2D eigenvalue weighted by atomic mass is 10.2. The van der Waals surface area contributed by atoms with Crippen LogP contribution in [0, 0.1) is 6.92 Å². The van der Waals surface area contributed by atoms with Gasteiger partial charge in [0, 0.05) is 17.8 Å². The lowest BCUT2D eigenvalue weighted by Gasteiger charge is -2.03. The van der Waals surface area contributed by atoms with E-state index in [4.69, 9.17) is 5.73 Å². The molecule has 3 heterocycles. The highest BCUT2D eigenvalue weighted by Crippen LogP contribution is 2.37. The largest absolute Gasteiger partial charge is 0.382 e. The zero-order valence-corrected chi connectivity index (χ0v) is 11.8. The predicted octanol–water partition coefficient (Wildman–Crippen LogP) is 2.49. The normalized spacial score (nSPS) is 10.8. The molecule has 8 heteroatoms. The van der Waals surface area contributed by atoms with Gasteiger partial charge in [-0.05, 0) is 18.5 Å². The zero-order chi connectivity index (χ0) is 13.2. The third kappa shape index (κ3) is 2.45. The molecule has 0 bridgehead atoms. The molecule has 19 heavy (non-hydrogen) atoms. The van der Waals surface area contributed by atoms with Crippen molar-refractivity contribution in [3.05, 3.63) is 28.6 Å². The summed E-state index contributed by atoms with van der Waals surface area (Å²) in [6.45, 7) is 2.57. The Balaban J connectivity index is 1.86. The first-order valence-electron chi connectivity index (χ1n) is 5.64. The van der Waals surface area contributed by atoms with Crippen molar-refractivity contribution >= 4 is 33.7 Å². The van der Waals surface area contributed by atoms with Gasteiger partial charge in [0.25, 0.3) is 0 Å². The van der Waals surface area contributed by atoms with Crippen LogP contribution in [-0.4, -0.2) is 19.3 Å². The fourth-order valence-corrected chi connectivity index (χ4v) is 3.03. The van der Waals surface area contributed by atoms with E-state index in [9.17, 15) is 0 Å². The highest BCUT2D eigenvalue weighted by Gasteiger charge is 2.16. The van der Waals surface area contributed by atoms with Crippen LogP contribution in [0.25, 0.3) is 11.3 Å². The lowest BCUT2D eigenvalue weighted by molar-refractivity contribution is 1.00. The van der Waals surface area contributed by atoms with Crippen molar-refractivity contribution in [3.8, 4) is 11.3 Å². The van der Waals surface area contributed by atoms with Crippen molar-refractivity contribution in [2.45, 2.75) is 13.5 Å². The molecule has 0 fully saturated rings. The summed E-state index contributed by atoms with van der Waals surface area (Å²) >= 11 is 2.94. The molecule has 3 rings (SSSR count). The number of aryl methyl sites for hydroxylation is 1. The van der Waals surface area contributed by atoms with Crippen molar-refractivity contribution < 1.29 is 0 Å². The van der Waals surface area contributed by atoms with E-state index in [1.165, 1.54) is 11.5 Å². The fraction of sp³-hybridized carbons (Fsp3) is 0.182. The minimum atomic E-state index is 0.511. The molecular formula is C11H12N6S2. The molecule has 0 atom stereocenters. The van der Waals surface area contributed by atoms with Crippen LogP contribution in [0.4, 0.5) is 10.8 Å². The molecule has 6 nitrogen and oxygen atoms in total. The summed E-state index contributed by atoms with van der Waals surface area (Å²) in [6, 6.07) is 0. The Bertz CT molecular complexity index is 669. The van der Waals surface area contributed by atoms with Crippen LogP contribution < -0.4 is 11.1 Å². The van der Waals surface area contributed by atoms with Crippen LogP contribution in [0.1, 0.15) is 10.8 Å². The quantitative estimate of drug-likeness (QED) is 0.687. The van der Waals surface area contributed by atoms with Gasteiger partial charge in [-0.15, -0.1) is 11.3 Å². The van der Waals surface area contributed by atoms with E-state index in [-0.39, 0.29) is 0 Å². The number of H-pyrrole nitrogens is 1. The maximum absolute atomic E-state index is 5.93. The van der Waals surface area contributed by atoms with Crippen LogP contribution in [0.5, 0.6) is 0 Å². The van der Waals surface area contributed by atoms with Gasteiger partial charge in [0.05, 0.1) is 22.8 Å². The average Bonchev–Trinajstić information content (AvgIpc) is 3.08. The standard InChI is InChI=1S/C11H12N6S2/c1-6-16-7(5-18-6)9-10(12)17-19-11(9)15-4-8-13-2-3-14-8/h2-3,5,15H,4H2,1H3,(H2,12,17)(H,13,14). The smallest absolute Gasteiger partial charge is 0.148 e. The van der Waals surface area contributed by atoms with Crippen molar-refractivity contribution in [2.75, 3.05) is 11.1 Å². The number of aromatic amines is 1. The lowest BCUT2D eigenvalue weighted by Crippen LogP contribution is -2.01. The predicted molar refractivity (Wildman–Crippen MR) is 78.3 cm³/mol. The van der Waals surface area contributed by atoms with Gasteiger partial charge in [-0.2, -0.15) is 4.37 Å². The minimum Gasteiger partial charge on any atom is -0.382 e. The van der Waals surface area contributed by atoms with E-state index in [1.807, 2.05) is 12.3 Å². The molecule has 98 valence electrons. The highest BCUT2D eigenvalue weighted by molar-refractivity contribution is 7.11. The SMILES string of the molecule is Cc1nc(-c2c(N)nsc2NCc2ncc[nH]2)cs1. The van der Waals surface area contributed by atoms with E-state index in [0.29, 0.717) is 12.4 Å². The number of nitrogens with two attached hydrogens (primary N) is 1. The number of rotatable bonds is 4. The van der Waals surface area contributed by atoms with E-state index in [0.717, 1.165) is 27.1 Å². The Labute approximate surface area is 117 Å². The van der Waals surface area contributed by atoms with Crippen LogP contribution in [0.15, 0.2) is 17.8 Å². The van der Waals surface area contributed by atoms with Gasteiger partial charge >= 0.3 is 0 Å². The summed E-state index contributed by atoms with van der Waals surface area (Å²) in [5.41, 5.74) is 7.68. The van der Waals surface area contributed by atoms with Gasteiger partial charge in [0.15, 0.2) is 0 Å². The number of anilines is 2. The zero-order valence-electron chi connectivity index (χ0n) is 10.2. The summed E-state index contributed by atoms with van der Waals surface area (Å²) < 4.78 is 4.19. The molecule has 3 aromatic rings. The Kier molecular flexibility index (Phi) is 3.18. The van der Waals surface area contributed by atoms with Crippen LogP contribution >= 0.6 is 22.9 Å².